The van der Waals surface area contributed by atoms with E-state index in [2.05, 4.69) is 80.7 Å². The Labute approximate surface area is 165 Å². The van der Waals surface area contributed by atoms with Crippen molar-refractivity contribution in [2.45, 2.75) is 103 Å². The molecule has 0 amide bonds. The molecular weight excluding hydrogens is 446 g/mol. The normalized spacial score (nSPS) is 21.3. The molecule has 0 fully saturated rings. The van der Waals surface area contributed by atoms with Gasteiger partial charge in [-0.15, -0.1) is 0 Å². The Hall–Kier alpha value is 0.786. The van der Waals surface area contributed by atoms with Crippen LogP contribution in [0.25, 0.3) is 0 Å². The van der Waals surface area contributed by atoms with Gasteiger partial charge in [-0.05, 0) is 0 Å². The topological polar surface area (TPSA) is 36.1 Å². The maximum absolute atomic E-state index is 4.17. The van der Waals surface area contributed by atoms with E-state index in [4.69, 9.17) is 0 Å². The average molecular weight is 489 g/mol. The van der Waals surface area contributed by atoms with E-state index in [1.54, 1.807) is 7.69 Å². The molecule has 0 radical (unpaired) electrons. The zero-order valence-electron chi connectivity index (χ0n) is 18.2. The van der Waals surface area contributed by atoms with Crippen molar-refractivity contribution in [2.75, 3.05) is 0 Å². The zero-order valence-corrected chi connectivity index (χ0v) is 22.8. The second-order valence-electron chi connectivity index (χ2n) is 8.86. The summed E-state index contributed by atoms with van der Waals surface area (Å²) in [5.74, 6) is 7.62. The molecule has 0 saturated heterocycles. The molecule has 0 aromatic rings. The van der Waals surface area contributed by atoms with Crippen LogP contribution >= 0.6 is 0 Å². The summed E-state index contributed by atoms with van der Waals surface area (Å²) in [7, 11) is 0. The Bertz CT molecular complexity index is 451. The molecule has 3 unspecified atom stereocenters. The van der Waals surface area contributed by atoms with Crippen LogP contribution in [0.1, 0.15) is 67.2 Å². The molecule has 1 rings (SSSR count). The SMILES string of the molecule is CCC(C)[NH][Zr]([NH]C(C)CC)([NH]C(C)CC)[C]1=[C]([Ge]([CH3])([CH3])[CH3])C=CC1. The predicted molar refractivity (Wildman–Crippen MR) is 113 cm³/mol. The third-order valence-corrected chi connectivity index (χ3v) is 21.3. The Morgan fingerprint density at radius 3 is 1.60 bits per heavy atom. The summed E-state index contributed by atoms with van der Waals surface area (Å²) in [6.45, 7) is 13.9. The number of hydrogen-bond donors (Lipinski definition) is 3. The monoisotopic (exact) mass is 489 g/mol. The molecule has 0 saturated carbocycles. The Kier molecular flexibility index (Phi) is 9.88. The summed E-state index contributed by atoms with van der Waals surface area (Å²) < 4.78 is 16.0. The van der Waals surface area contributed by atoms with Gasteiger partial charge in [0, 0.05) is 0 Å². The van der Waals surface area contributed by atoms with Crippen molar-refractivity contribution in [1.82, 2.24) is 9.78 Å². The molecule has 0 bridgehead atoms. The second kappa shape index (κ2) is 10.4. The van der Waals surface area contributed by atoms with Crippen molar-refractivity contribution < 1.29 is 21.1 Å². The summed E-state index contributed by atoms with van der Waals surface area (Å²) >= 11 is -5.03. The van der Waals surface area contributed by atoms with Gasteiger partial charge in [0.2, 0.25) is 0 Å². The third-order valence-electron chi connectivity index (χ3n) is 5.42. The molecule has 3 nitrogen and oxygen atoms in total. The molecule has 3 atom stereocenters. The van der Waals surface area contributed by atoms with Gasteiger partial charge in [-0.2, -0.15) is 0 Å². The van der Waals surface area contributed by atoms with Crippen LogP contribution in [0.5, 0.6) is 0 Å². The summed E-state index contributed by atoms with van der Waals surface area (Å²) in [6.07, 6.45) is 9.56. The van der Waals surface area contributed by atoms with Crippen molar-refractivity contribution >= 4 is 13.3 Å². The van der Waals surface area contributed by atoms with Crippen LogP contribution in [0, 0.1) is 0 Å². The van der Waals surface area contributed by atoms with Gasteiger partial charge in [0.25, 0.3) is 0 Å². The standard InChI is InChI=1S/C8H13Ge.3C4H10N.Zr/c1-9(2,3)8-6-4-5-7-8;3*1-3-4(2)5;/h4,6H,5H2,1-3H3;3*4-5H,3H2,1-2H3;/q;3*-1;+3. The Balaban J connectivity index is 3.45. The first-order valence-electron chi connectivity index (χ1n) is 10.3. The molecule has 1 aliphatic rings. The van der Waals surface area contributed by atoms with E-state index in [1.165, 1.54) is 19.3 Å². The minimum absolute atomic E-state index is 0.547. The van der Waals surface area contributed by atoms with Crippen molar-refractivity contribution in [1.29, 1.82) is 0 Å². The van der Waals surface area contributed by atoms with E-state index in [1.807, 2.05) is 0 Å². The van der Waals surface area contributed by atoms with Crippen molar-refractivity contribution in [2.24, 2.45) is 0 Å². The van der Waals surface area contributed by atoms with E-state index in [9.17, 15) is 0 Å². The van der Waals surface area contributed by atoms with Crippen molar-refractivity contribution in [3.05, 3.63) is 19.8 Å². The maximum atomic E-state index is 4.17. The summed E-state index contributed by atoms with van der Waals surface area (Å²) in [5.41, 5.74) is 0. The quantitative estimate of drug-likeness (QED) is 0.352. The van der Waals surface area contributed by atoms with Crippen LogP contribution in [0.2, 0.25) is 17.3 Å². The van der Waals surface area contributed by atoms with Gasteiger partial charge in [0.05, 0.1) is 0 Å². The Morgan fingerprint density at radius 2 is 1.28 bits per heavy atom. The second-order valence-corrected chi connectivity index (χ2v) is 26.7. The van der Waals surface area contributed by atoms with Crippen LogP contribution < -0.4 is 9.78 Å². The summed E-state index contributed by atoms with van der Waals surface area (Å²) in [5, 5.41) is 0. The summed E-state index contributed by atoms with van der Waals surface area (Å²) in [4.78, 5) is 0. The number of rotatable bonds is 11. The number of hydrogen-bond acceptors (Lipinski definition) is 3. The molecule has 146 valence electrons. The van der Waals surface area contributed by atoms with E-state index >= 15 is 0 Å². The number of allylic oxidation sites excluding steroid dienone is 4. The van der Waals surface area contributed by atoms with Crippen LogP contribution in [0.15, 0.2) is 19.8 Å². The first kappa shape index (κ1) is 23.8. The fourth-order valence-corrected chi connectivity index (χ4v) is 25.0. The van der Waals surface area contributed by atoms with Crippen molar-refractivity contribution in [3.63, 3.8) is 0 Å². The zero-order chi connectivity index (χ0) is 19.3. The molecule has 25 heavy (non-hydrogen) atoms. The van der Waals surface area contributed by atoms with Crippen molar-refractivity contribution in [3.8, 4) is 0 Å². The first-order valence-corrected chi connectivity index (χ1v) is 22.6. The van der Waals surface area contributed by atoms with Gasteiger partial charge >= 0.3 is 167 Å². The molecule has 1 aliphatic carbocycles. The molecule has 0 heterocycles. The van der Waals surface area contributed by atoms with E-state index in [-0.39, 0.29) is 0 Å². The molecule has 0 aromatic heterocycles. The molecular formula is C20H43GeN3Zr. The number of nitrogens with one attached hydrogen (secondary N) is 3. The van der Waals surface area contributed by atoms with E-state index < -0.39 is 34.4 Å². The molecule has 0 spiro atoms. The molecule has 0 aliphatic heterocycles. The first-order chi connectivity index (χ1) is 11.6. The molecule has 3 N–H and O–H groups in total. The van der Waals surface area contributed by atoms with Crippen LogP contribution in [-0.4, -0.2) is 31.4 Å². The van der Waals surface area contributed by atoms with Gasteiger partial charge in [-0.25, -0.2) is 0 Å². The van der Waals surface area contributed by atoms with Gasteiger partial charge in [0.15, 0.2) is 0 Å². The van der Waals surface area contributed by atoms with E-state index in [0.29, 0.717) is 18.1 Å². The van der Waals surface area contributed by atoms with Crippen LogP contribution in [0.4, 0.5) is 0 Å². The van der Waals surface area contributed by atoms with Gasteiger partial charge in [-0.1, -0.05) is 0 Å². The average Bonchev–Trinajstić information content (AvgIpc) is 3.04. The Morgan fingerprint density at radius 1 is 0.880 bits per heavy atom. The fraction of sp³-hybridized carbons (Fsp3) is 0.800. The van der Waals surface area contributed by atoms with Gasteiger partial charge < -0.3 is 0 Å². The predicted octanol–water partition coefficient (Wildman–Crippen LogP) is 5.14. The van der Waals surface area contributed by atoms with Gasteiger partial charge in [-0.3, -0.25) is 0 Å². The van der Waals surface area contributed by atoms with E-state index in [0.717, 1.165) is 6.42 Å². The fourth-order valence-electron chi connectivity index (χ4n) is 3.36. The van der Waals surface area contributed by atoms with Gasteiger partial charge in [0.1, 0.15) is 0 Å². The van der Waals surface area contributed by atoms with Crippen LogP contribution in [0.3, 0.4) is 0 Å². The third kappa shape index (κ3) is 6.71. The molecule has 5 heteroatoms. The summed E-state index contributed by atoms with van der Waals surface area (Å²) in [6, 6.07) is 1.64. The minimum atomic E-state index is -3.13. The molecule has 0 aromatic carbocycles. The van der Waals surface area contributed by atoms with Crippen LogP contribution in [-0.2, 0) is 21.1 Å².